The first-order valence-corrected chi connectivity index (χ1v) is 10.1. The molecule has 0 aliphatic carbocycles. The molecular weight excluding hydrogens is 402 g/mol. The van der Waals surface area contributed by atoms with Gasteiger partial charge in [-0.15, -0.1) is 0 Å². The Morgan fingerprint density at radius 2 is 1.90 bits per heavy atom. The number of ketones is 1. The summed E-state index contributed by atoms with van der Waals surface area (Å²) in [5.41, 5.74) is 3.05. The molecule has 2 aliphatic heterocycles. The number of piperidine rings is 1. The Labute approximate surface area is 177 Å². The van der Waals surface area contributed by atoms with Crippen molar-refractivity contribution in [1.82, 2.24) is 19.9 Å². The van der Waals surface area contributed by atoms with Crippen molar-refractivity contribution in [3.63, 3.8) is 0 Å². The number of rotatable bonds is 4. The zero-order valence-corrected chi connectivity index (χ0v) is 16.7. The number of benzene rings is 1. The molecule has 2 aromatic heterocycles. The third-order valence-electron chi connectivity index (χ3n) is 6.08. The van der Waals surface area contributed by atoms with E-state index in [0.717, 1.165) is 43.8 Å². The second-order valence-corrected chi connectivity index (χ2v) is 7.94. The van der Waals surface area contributed by atoms with Crippen LogP contribution >= 0.6 is 0 Å². The highest BCUT2D eigenvalue weighted by Crippen LogP contribution is 2.43. The summed E-state index contributed by atoms with van der Waals surface area (Å²) in [6, 6.07) is 5.06. The van der Waals surface area contributed by atoms with Crippen LogP contribution in [0.2, 0.25) is 0 Å². The van der Waals surface area contributed by atoms with E-state index in [-0.39, 0.29) is 16.9 Å². The van der Waals surface area contributed by atoms with Crippen LogP contribution in [0.25, 0.3) is 0 Å². The first-order valence-electron chi connectivity index (χ1n) is 10.1. The fraction of sp³-hybridized carbons (Fsp3) is 0.304. The van der Waals surface area contributed by atoms with E-state index in [0.29, 0.717) is 13.2 Å². The van der Waals surface area contributed by atoms with Crippen LogP contribution in [0.3, 0.4) is 0 Å². The number of likely N-dealkylation sites (tertiary alicyclic amines) is 1. The summed E-state index contributed by atoms with van der Waals surface area (Å²) in [7, 11) is 0. The molecule has 0 atom stereocenters. The van der Waals surface area contributed by atoms with E-state index in [9.17, 15) is 13.6 Å². The maximum absolute atomic E-state index is 13.4. The van der Waals surface area contributed by atoms with Gasteiger partial charge >= 0.3 is 0 Å². The van der Waals surface area contributed by atoms with Gasteiger partial charge in [0.05, 0.1) is 30.3 Å². The van der Waals surface area contributed by atoms with Gasteiger partial charge in [-0.05, 0) is 42.7 Å². The number of hydrogen-bond acceptors (Lipinski definition) is 6. The van der Waals surface area contributed by atoms with Crippen LogP contribution in [0.1, 0.15) is 45.7 Å². The van der Waals surface area contributed by atoms with Gasteiger partial charge in [-0.1, -0.05) is 0 Å². The van der Waals surface area contributed by atoms with Gasteiger partial charge in [0, 0.05) is 43.2 Å². The van der Waals surface area contributed by atoms with Gasteiger partial charge in [0.25, 0.3) is 0 Å². The highest BCUT2D eigenvalue weighted by atomic mass is 19.2. The molecule has 0 amide bonds. The van der Waals surface area contributed by atoms with E-state index >= 15 is 0 Å². The quantitative estimate of drug-likeness (QED) is 0.601. The summed E-state index contributed by atoms with van der Waals surface area (Å²) >= 11 is 0. The van der Waals surface area contributed by atoms with Crippen molar-refractivity contribution in [2.75, 3.05) is 13.1 Å². The highest BCUT2D eigenvalue weighted by molar-refractivity contribution is 6.07. The lowest BCUT2D eigenvalue weighted by Gasteiger charge is -2.38. The fourth-order valence-corrected chi connectivity index (χ4v) is 4.31. The summed E-state index contributed by atoms with van der Waals surface area (Å²) in [5.74, 6) is -2.56. The van der Waals surface area contributed by atoms with E-state index in [1.165, 1.54) is 23.4 Å². The van der Waals surface area contributed by atoms with Crippen molar-refractivity contribution in [2.24, 2.45) is 0 Å². The second-order valence-electron chi connectivity index (χ2n) is 7.94. The first-order chi connectivity index (χ1) is 15.0. The highest BCUT2D eigenvalue weighted by Gasteiger charge is 2.42. The Balaban J connectivity index is 1.22. The maximum atomic E-state index is 13.4. The lowest BCUT2D eigenvalue weighted by atomic mass is 9.85. The number of nitrogens with zero attached hydrogens (tertiary/aromatic N) is 4. The van der Waals surface area contributed by atoms with E-state index in [1.807, 2.05) is 12.3 Å². The molecule has 1 aromatic carbocycles. The number of carbonyl (C=O) groups is 1. The summed E-state index contributed by atoms with van der Waals surface area (Å²) in [5, 5.41) is 0. The van der Waals surface area contributed by atoms with Crippen molar-refractivity contribution < 1.29 is 18.3 Å². The van der Waals surface area contributed by atoms with Crippen molar-refractivity contribution >= 4 is 5.78 Å². The Hall–Kier alpha value is -3.10. The number of ether oxygens (including phenoxy) is 1. The Morgan fingerprint density at radius 3 is 2.65 bits per heavy atom. The summed E-state index contributed by atoms with van der Waals surface area (Å²) in [6.45, 7) is 2.95. The van der Waals surface area contributed by atoms with Crippen LogP contribution in [0.5, 0.6) is 0 Å². The van der Waals surface area contributed by atoms with Crippen LogP contribution in [-0.2, 0) is 23.5 Å². The lowest BCUT2D eigenvalue weighted by molar-refractivity contribution is -0.0801. The van der Waals surface area contributed by atoms with Crippen molar-refractivity contribution in [2.45, 2.75) is 31.6 Å². The van der Waals surface area contributed by atoms with Gasteiger partial charge in [0.1, 0.15) is 5.69 Å². The number of aromatic nitrogens is 3. The Morgan fingerprint density at radius 1 is 1.06 bits per heavy atom. The van der Waals surface area contributed by atoms with E-state index in [2.05, 4.69) is 19.9 Å². The molecule has 1 saturated heterocycles. The summed E-state index contributed by atoms with van der Waals surface area (Å²) < 4.78 is 32.6. The topological polar surface area (TPSA) is 68.2 Å². The predicted octanol–water partition coefficient (Wildman–Crippen LogP) is 3.40. The predicted molar refractivity (Wildman–Crippen MR) is 107 cm³/mol. The maximum Gasteiger partial charge on any atom is 0.213 e. The molecule has 4 heterocycles. The number of halogens is 2. The molecule has 1 fully saturated rings. The monoisotopic (exact) mass is 422 g/mol. The molecule has 31 heavy (non-hydrogen) atoms. The molecule has 158 valence electrons. The number of hydrogen-bond donors (Lipinski definition) is 0. The largest absolute Gasteiger partial charge is 0.365 e. The summed E-state index contributed by atoms with van der Waals surface area (Å²) in [6.07, 6.45) is 8.43. The molecule has 8 heteroatoms. The lowest BCUT2D eigenvalue weighted by Crippen LogP contribution is -2.42. The molecular formula is C23H20F2N4O2. The van der Waals surface area contributed by atoms with Crippen molar-refractivity contribution in [1.29, 1.82) is 0 Å². The molecule has 5 rings (SSSR count). The summed E-state index contributed by atoms with van der Waals surface area (Å²) in [4.78, 5) is 27.5. The molecule has 0 radical (unpaired) electrons. The fourth-order valence-electron chi connectivity index (χ4n) is 4.31. The third kappa shape index (κ3) is 3.73. The molecule has 0 N–H and O–H groups in total. The van der Waals surface area contributed by atoms with E-state index in [1.54, 1.807) is 12.4 Å². The average Bonchev–Trinajstić information content (AvgIpc) is 3.16. The normalized spacial score (nSPS) is 17.6. The van der Waals surface area contributed by atoms with Crippen LogP contribution in [-0.4, -0.2) is 38.7 Å². The van der Waals surface area contributed by atoms with Crippen LogP contribution < -0.4 is 0 Å². The van der Waals surface area contributed by atoms with E-state index < -0.39 is 17.4 Å². The minimum atomic E-state index is -1.07. The zero-order valence-electron chi connectivity index (χ0n) is 16.7. The average molecular weight is 422 g/mol. The number of carbonyl (C=O) groups excluding carboxylic acids is 1. The first kappa shape index (κ1) is 19.8. The van der Waals surface area contributed by atoms with Crippen LogP contribution in [0, 0.1) is 11.6 Å². The smallest absolute Gasteiger partial charge is 0.213 e. The molecule has 3 aromatic rings. The van der Waals surface area contributed by atoms with Crippen molar-refractivity contribution in [3.8, 4) is 0 Å². The Bertz CT molecular complexity index is 1130. The van der Waals surface area contributed by atoms with Gasteiger partial charge in [-0.2, -0.15) is 0 Å². The molecule has 0 bridgehead atoms. The Kier molecular flexibility index (Phi) is 5.03. The minimum absolute atomic E-state index is 0.0358. The SMILES string of the molecule is O=C(c1ccc(F)c(F)c1)c1cnc(CN2CCC3(CC2)OCc2ccncc23)cn1. The van der Waals surface area contributed by atoms with Crippen LogP contribution in [0.15, 0.2) is 49.1 Å². The zero-order chi connectivity index (χ0) is 21.4. The van der Waals surface area contributed by atoms with Gasteiger partial charge in [-0.3, -0.25) is 19.7 Å². The minimum Gasteiger partial charge on any atom is -0.365 e. The molecule has 6 nitrogen and oxygen atoms in total. The molecule has 2 aliphatic rings. The van der Waals surface area contributed by atoms with E-state index in [4.69, 9.17) is 4.74 Å². The van der Waals surface area contributed by atoms with Crippen molar-refractivity contribution in [3.05, 3.63) is 88.8 Å². The number of pyridine rings is 1. The van der Waals surface area contributed by atoms with Gasteiger partial charge < -0.3 is 4.74 Å². The standard InChI is InChI=1S/C23H20F2N4O2/c24-19-2-1-15(9-20(19)25)22(30)21-12-27-17(10-28-21)13-29-7-4-23(5-8-29)18-11-26-6-3-16(18)14-31-23/h1-3,6,9-12H,4-5,7-8,13-14H2. The van der Waals surface area contributed by atoms with Gasteiger partial charge in [0.15, 0.2) is 11.6 Å². The third-order valence-corrected chi connectivity index (χ3v) is 6.08. The molecule has 0 saturated carbocycles. The van der Waals surface area contributed by atoms with Gasteiger partial charge in [0.2, 0.25) is 5.78 Å². The van der Waals surface area contributed by atoms with Crippen LogP contribution in [0.4, 0.5) is 8.78 Å². The number of fused-ring (bicyclic) bond motifs is 2. The molecule has 1 spiro atoms. The second kappa shape index (κ2) is 7.86. The molecule has 0 unspecified atom stereocenters. The van der Waals surface area contributed by atoms with Gasteiger partial charge in [-0.25, -0.2) is 13.8 Å².